The molecule has 0 bridgehead atoms. The summed E-state index contributed by atoms with van der Waals surface area (Å²) < 4.78 is 0. The second-order valence-electron chi connectivity index (χ2n) is 1.63. The second-order valence-corrected chi connectivity index (χ2v) is 1.63. The van der Waals surface area contributed by atoms with E-state index in [9.17, 15) is 9.59 Å². The molecule has 0 radical (unpaired) electrons. The van der Waals surface area contributed by atoms with Gasteiger partial charge in [0.25, 0.3) is 0 Å². The number of hydrogen-bond donors (Lipinski definition) is 1. The van der Waals surface area contributed by atoms with Crippen LogP contribution in [0.3, 0.4) is 0 Å². The zero-order valence-corrected chi connectivity index (χ0v) is 5.93. The van der Waals surface area contributed by atoms with Gasteiger partial charge in [0.15, 0.2) is 5.78 Å². The fourth-order valence-electron chi connectivity index (χ4n) is 0.298. The first-order valence-electron chi connectivity index (χ1n) is 2.67. The van der Waals surface area contributed by atoms with Crippen LogP contribution in [-0.4, -0.2) is 18.8 Å². The number of carbonyl (C=O) groups excluding carboxylic acids is 2. The normalized spacial score (nSPS) is 8.60. The Bertz CT molecular complexity index is 174. The minimum Gasteiger partial charge on any atom is -0.367 e. The van der Waals surface area contributed by atoms with Gasteiger partial charge in [0.1, 0.15) is 0 Å². The molecule has 0 atom stereocenters. The topological polar surface area (TPSA) is 55.4 Å². The average Bonchev–Trinajstić information content (AvgIpc) is 1.87. The lowest BCUT2D eigenvalue weighted by Gasteiger charge is -1.99. The highest BCUT2D eigenvalue weighted by Crippen LogP contribution is 1.93. The van der Waals surface area contributed by atoms with Crippen LogP contribution < -0.4 is 5.48 Å². The Kier molecular flexibility index (Phi) is 3.35. The molecule has 1 N–H and O–H groups in total. The smallest absolute Gasteiger partial charge is 0.359 e. The molecule has 56 valence electrons. The quantitative estimate of drug-likeness (QED) is 0.257. The first-order valence-corrected chi connectivity index (χ1v) is 2.67. The van der Waals surface area contributed by atoms with E-state index in [0.29, 0.717) is 0 Å². The first-order chi connectivity index (χ1) is 4.59. The molecule has 0 aromatic carbocycles. The predicted octanol–water partition coefficient (Wildman–Crippen LogP) is -0.191. The number of rotatable bonds is 3. The lowest BCUT2D eigenvalue weighted by Crippen LogP contribution is -2.19. The number of Topliss-reactive ketones (excluding diaryl/α,β-unsaturated/α-hetero) is 1. The van der Waals surface area contributed by atoms with E-state index in [2.05, 4.69) is 16.9 Å². The third kappa shape index (κ3) is 2.41. The van der Waals surface area contributed by atoms with Gasteiger partial charge in [-0.2, -0.15) is 5.48 Å². The summed E-state index contributed by atoms with van der Waals surface area (Å²) in [6.45, 7) is 4.46. The molecule has 0 saturated heterocycles. The Morgan fingerprint density at radius 1 is 1.50 bits per heavy atom. The minimum absolute atomic E-state index is 0.158. The van der Waals surface area contributed by atoms with Gasteiger partial charge in [-0.3, -0.25) is 4.79 Å². The van der Waals surface area contributed by atoms with Gasteiger partial charge in [0.2, 0.25) is 0 Å². The molecule has 0 unspecified atom stereocenters. The van der Waals surface area contributed by atoms with Crippen molar-refractivity contribution in [1.82, 2.24) is 5.48 Å². The van der Waals surface area contributed by atoms with Crippen molar-refractivity contribution >= 4 is 11.8 Å². The predicted molar refractivity (Wildman–Crippen MR) is 35.0 cm³/mol. The summed E-state index contributed by atoms with van der Waals surface area (Å²) in [5.74, 6) is -1.13. The molecule has 0 rings (SSSR count). The molecule has 0 aliphatic rings. The summed E-state index contributed by atoms with van der Waals surface area (Å²) in [6.07, 6.45) is 0. The summed E-state index contributed by atoms with van der Waals surface area (Å²) in [5.41, 5.74) is 1.98. The van der Waals surface area contributed by atoms with E-state index in [-0.39, 0.29) is 11.4 Å². The third-order valence-corrected chi connectivity index (χ3v) is 0.866. The Balaban J connectivity index is 3.96. The highest BCUT2D eigenvalue weighted by atomic mass is 16.7. The molecular formula is C6H9NO3. The number of nitrogens with one attached hydrogen (secondary N) is 1. The largest absolute Gasteiger partial charge is 0.367 e. The van der Waals surface area contributed by atoms with Gasteiger partial charge in [-0.1, -0.05) is 6.58 Å². The monoisotopic (exact) mass is 143 g/mol. The Hall–Kier alpha value is -1.16. The van der Waals surface area contributed by atoms with Crippen LogP contribution in [-0.2, 0) is 14.4 Å². The zero-order valence-electron chi connectivity index (χ0n) is 5.93. The molecule has 4 heteroatoms. The number of hydrogen-bond acceptors (Lipinski definition) is 4. The lowest BCUT2D eigenvalue weighted by atomic mass is 10.2. The summed E-state index contributed by atoms with van der Waals surface area (Å²) in [4.78, 5) is 25.3. The van der Waals surface area contributed by atoms with Gasteiger partial charge in [-0.25, -0.2) is 4.79 Å². The number of carbonyl (C=O) groups is 2. The SMILES string of the molecule is C=C(C(C)=O)C(=O)ONC. The summed E-state index contributed by atoms with van der Waals surface area (Å²) >= 11 is 0. The van der Waals surface area contributed by atoms with E-state index < -0.39 is 5.97 Å². The molecule has 4 nitrogen and oxygen atoms in total. The minimum atomic E-state index is -0.741. The van der Waals surface area contributed by atoms with Crippen LogP contribution in [0.25, 0.3) is 0 Å². The van der Waals surface area contributed by atoms with Gasteiger partial charge in [-0.15, -0.1) is 0 Å². The van der Waals surface area contributed by atoms with Crippen molar-refractivity contribution in [2.24, 2.45) is 0 Å². The van der Waals surface area contributed by atoms with Crippen molar-refractivity contribution in [3.8, 4) is 0 Å². The van der Waals surface area contributed by atoms with Crippen molar-refractivity contribution in [2.45, 2.75) is 6.92 Å². The molecule has 0 amide bonds. The van der Waals surface area contributed by atoms with Crippen LogP contribution in [0.2, 0.25) is 0 Å². The maximum absolute atomic E-state index is 10.6. The molecule has 0 aliphatic carbocycles. The molecule has 0 heterocycles. The van der Waals surface area contributed by atoms with Gasteiger partial charge >= 0.3 is 5.97 Å². The molecule has 0 aliphatic heterocycles. The summed E-state index contributed by atoms with van der Waals surface area (Å²) in [5, 5.41) is 0. The fourth-order valence-corrected chi connectivity index (χ4v) is 0.298. The highest BCUT2D eigenvalue weighted by molar-refractivity contribution is 6.15. The van der Waals surface area contributed by atoms with E-state index in [1.807, 2.05) is 0 Å². The molecule has 0 fully saturated rings. The van der Waals surface area contributed by atoms with Crippen LogP contribution in [0.1, 0.15) is 6.92 Å². The molecule has 0 spiro atoms. The van der Waals surface area contributed by atoms with Gasteiger partial charge < -0.3 is 4.84 Å². The van der Waals surface area contributed by atoms with Crippen LogP contribution in [0.15, 0.2) is 12.2 Å². The summed E-state index contributed by atoms with van der Waals surface area (Å²) in [6, 6.07) is 0. The highest BCUT2D eigenvalue weighted by Gasteiger charge is 2.11. The van der Waals surface area contributed by atoms with E-state index in [1.54, 1.807) is 0 Å². The Morgan fingerprint density at radius 3 is 2.30 bits per heavy atom. The van der Waals surface area contributed by atoms with Crippen molar-refractivity contribution in [3.05, 3.63) is 12.2 Å². The van der Waals surface area contributed by atoms with Crippen molar-refractivity contribution in [1.29, 1.82) is 0 Å². The fraction of sp³-hybridized carbons (Fsp3) is 0.333. The average molecular weight is 143 g/mol. The summed E-state index contributed by atoms with van der Waals surface area (Å²) in [7, 11) is 1.42. The van der Waals surface area contributed by atoms with Crippen molar-refractivity contribution in [2.75, 3.05) is 7.05 Å². The van der Waals surface area contributed by atoms with Crippen molar-refractivity contribution < 1.29 is 14.4 Å². The Morgan fingerprint density at radius 2 is 2.00 bits per heavy atom. The number of ketones is 1. The van der Waals surface area contributed by atoms with Crippen LogP contribution >= 0.6 is 0 Å². The van der Waals surface area contributed by atoms with E-state index >= 15 is 0 Å². The van der Waals surface area contributed by atoms with Gasteiger partial charge in [0.05, 0.1) is 5.57 Å². The maximum atomic E-state index is 10.6. The van der Waals surface area contributed by atoms with E-state index in [4.69, 9.17) is 0 Å². The molecule has 0 aromatic rings. The molecule has 0 aromatic heterocycles. The second kappa shape index (κ2) is 3.79. The first kappa shape index (κ1) is 8.84. The number of hydroxylamine groups is 1. The molecular weight excluding hydrogens is 134 g/mol. The van der Waals surface area contributed by atoms with Crippen molar-refractivity contribution in [3.63, 3.8) is 0 Å². The third-order valence-electron chi connectivity index (χ3n) is 0.866. The molecule has 0 saturated carbocycles. The van der Waals surface area contributed by atoms with E-state index in [0.717, 1.165) is 0 Å². The zero-order chi connectivity index (χ0) is 8.15. The maximum Gasteiger partial charge on any atom is 0.359 e. The Labute approximate surface area is 58.8 Å². The van der Waals surface area contributed by atoms with Gasteiger partial charge in [-0.05, 0) is 6.92 Å². The standard InChI is InChI=1S/C6H9NO3/c1-4(5(2)8)6(9)10-7-3/h7H,1H2,2-3H3. The molecule has 10 heavy (non-hydrogen) atoms. The van der Waals surface area contributed by atoms with Crippen LogP contribution in [0.4, 0.5) is 0 Å². The van der Waals surface area contributed by atoms with E-state index in [1.165, 1.54) is 14.0 Å². The van der Waals surface area contributed by atoms with Crippen LogP contribution in [0.5, 0.6) is 0 Å². The van der Waals surface area contributed by atoms with Gasteiger partial charge in [0, 0.05) is 7.05 Å². The lowest BCUT2D eigenvalue weighted by molar-refractivity contribution is -0.146. The van der Waals surface area contributed by atoms with Crippen LogP contribution in [0, 0.1) is 0 Å².